The predicted molar refractivity (Wildman–Crippen MR) is 98.0 cm³/mol. The van der Waals surface area contributed by atoms with Gasteiger partial charge in [0, 0.05) is 38.5 Å². The Balaban J connectivity index is 2.22. The number of amides is 2. The van der Waals surface area contributed by atoms with Crippen LogP contribution in [-0.4, -0.2) is 47.4 Å². The lowest BCUT2D eigenvalue weighted by molar-refractivity contribution is -0.137. The van der Waals surface area contributed by atoms with Crippen LogP contribution in [-0.2, 0) is 11.8 Å². The molecule has 27 heavy (non-hydrogen) atoms. The number of aromatic nitrogens is 2. The maximum Gasteiger partial charge on any atom is 0.315 e. The molecule has 2 amide bonds. The molecule has 1 atom stereocenters. The van der Waals surface area contributed by atoms with Gasteiger partial charge in [0.2, 0.25) is 0 Å². The SMILES string of the molecule is COc1cc(OC)cc(C(NC(=O)NCCCC(=O)O)c2nccn2C)c1. The number of aliphatic carboxylic acids is 1. The summed E-state index contributed by atoms with van der Waals surface area (Å²) < 4.78 is 12.4. The molecule has 1 heterocycles. The highest BCUT2D eigenvalue weighted by Gasteiger charge is 2.22. The van der Waals surface area contributed by atoms with Crippen LogP contribution in [0.1, 0.15) is 30.3 Å². The maximum atomic E-state index is 12.3. The highest BCUT2D eigenvalue weighted by molar-refractivity contribution is 5.75. The van der Waals surface area contributed by atoms with Crippen molar-refractivity contribution < 1.29 is 24.2 Å². The molecule has 0 spiro atoms. The molecule has 9 nitrogen and oxygen atoms in total. The number of ether oxygens (including phenoxy) is 2. The second-order valence-electron chi connectivity index (χ2n) is 5.87. The minimum atomic E-state index is -0.897. The monoisotopic (exact) mass is 376 g/mol. The molecule has 1 unspecified atom stereocenters. The van der Waals surface area contributed by atoms with Gasteiger partial charge in [-0.3, -0.25) is 4.79 Å². The number of methoxy groups -OCH3 is 2. The van der Waals surface area contributed by atoms with Gasteiger partial charge in [-0.1, -0.05) is 0 Å². The molecular weight excluding hydrogens is 352 g/mol. The molecular formula is C18H24N4O5. The lowest BCUT2D eigenvalue weighted by Crippen LogP contribution is -2.39. The van der Waals surface area contributed by atoms with Crippen molar-refractivity contribution in [1.29, 1.82) is 0 Å². The van der Waals surface area contributed by atoms with Crippen LogP contribution in [0.2, 0.25) is 0 Å². The number of carbonyl (C=O) groups excluding carboxylic acids is 1. The van der Waals surface area contributed by atoms with Gasteiger partial charge in [0.1, 0.15) is 23.4 Å². The quantitative estimate of drug-likeness (QED) is 0.574. The number of imidazole rings is 1. The number of urea groups is 1. The third-order valence-corrected chi connectivity index (χ3v) is 3.95. The predicted octanol–water partition coefficient (Wildman–Crippen LogP) is 1.69. The number of hydrogen-bond acceptors (Lipinski definition) is 5. The number of carbonyl (C=O) groups is 2. The van der Waals surface area contributed by atoms with Crippen LogP contribution in [0.25, 0.3) is 0 Å². The van der Waals surface area contributed by atoms with E-state index in [1.807, 2.05) is 7.05 Å². The molecule has 1 aromatic carbocycles. The summed E-state index contributed by atoms with van der Waals surface area (Å²) in [6.45, 7) is 0.257. The Bertz CT molecular complexity index is 768. The van der Waals surface area contributed by atoms with Crippen molar-refractivity contribution in [2.45, 2.75) is 18.9 Å². The van der Waals surface area contributed by atoms with Gasteiger partial charge in [0.15, 0.2) is 0 Å². The van der Waals surface area contributed by atoms with Crippen molar-refractivity contribution in [3.8, 4) is 11.5 Å². The summed E-state index contributed by atoms with van der Waals surface area (Å²) in [5.74, 6) is 0.914. The topological polar surface area (TPSA) is 115 Å². The van der Waals surface area contributed by atoms with E-state index in [0.717, 1.165) is 5.56 Å². The van der Waals surface area contributed by atoms with Crippen LogP contribution >= 0.6 is 0 Å². The van der Waals surface area contributed by atoms with Crippen LogP contribution in [0.4, 0.5) is 4.79 Å². The van der Waals surface area contributed by atoms with E-state index in [4.69, 9.17) is 14.6 Å². The van der Waals surface area contributed by atoms with E-state index in [1.54, 1.807) is 49.4 Å². The van der Waals surface area contributed by atoms with E-state index in [-0.39, 0.29) is 13.0 Å². The van der Waals surface area contributed by atoms with Crippen molar-refractivity contribution in [1.82, 2.24) is 20.2 Å². The Morgan fingerprint density at radius 3 is 2.41 bits per heavy atom. The third-order valence-electron chi connectivity index (χ3n) is 3.95. The van der Waals surface area contributed by atoms with E-state index in [9.17, 15) is 9.59 Å². The zero-order valence-corrected chi connectivity index (χ0v) is 15.6. The van der Waals surface area contributed by atoms with Crippen molar-refractivity contribution in [2.24, 2.45) is 7.05 Å². The van der Waals surface area contributed by atoms with Gasteiger partial charge in [-0.2, -0.15) is 0 Å². The van der Waals surface area contributed by atoms with Crippen molar-refractivity contribution in [3.63, 3.8) is 0 Å². The van der Waals surface area contributed by atoms with Gasteiger partial charge < -0.3 is 29.8 Å². The zero-order valence-electron chi connectivity index (χ0n) is 15.6. The lowest BCUT2D eigenvalue weighted by atomic mass is 10.1. The smallest absolute Gasteiger partial charge is 0.315 e. The lowest BCUT2D eigenvalue weighted by Gasteiger charge is -2.20. The number of nitrogens with zero attached hydrogens (tertiary/aromatic N) is 2. The molecule has 2 rings (SSSR count). The average Bonchev–Trinajstić information content (AvgIpc) is 3.08. The molecule has 9 heteroatoms. The molecule has 2 aromatic rings. The standard InChI is InChI=1S/C18H24N4O5/c1-22-8-7-19-17(22)16(21-18(25)20-6-4-5-15(23)24)12-9-13(26-2)11-14(10-12)27-3/h7-11,16H,4-6H2,1-3H3,(H,23,24)(H2,20,21,25). The van der Waals surface area contributed by atoms with Gasteiger partial charge >= 0.3 is 12.0 Å². The molecule has 1 aromatic heterocycles. The number of carboxylic acids is 1. The molecule has 0 radical (unpaired) electrons. The van der Waals surface area contributed by atoms with Crippen LogP contribution in [0, 0.1) is 0 Å². The summed E-state index contributed by atoms with van der Waals surface area (Å²) in [6.07, 6.45) is 3.78. The summed E-state index contributed by atoms with van der Waals surface area (Å²) in [4.78, 5) is 27.2. The van der Waals surface area contributed by atoms with Crippen LogP contribution in [0.3, 0.4) is 0 Å². The Morgan fingerprint density at radius 1 is 1.22 bits per heavy atom. The number of benzene rings is 1. The fourth-order valence-electron chi connectivity index (χ4n) is 2.57. The first-order chi connectivity index (χ1) is 12.9. The highest BCUT2D eigenvalue weighted by Crippen LogP contribution is 2.29. The summed E-state index contributed by atoms with van der Waals surface area (Å²) in [7, 11) is 4.94. The molecule has 0 aliphatic rings. The van der Waals surface area contributed by atoms with Crippen LogP contribution in [0.5, 0.6) is 11.5 Å². The second kappa shape index (κ2) is 9.46. The van der Waals surface area contributed by atoms with Gasteiger partial charge in [-0.15, -0.1) is 0 Å². The largest absolute Gasteiger partial charge is 0.497 e. The highest BCUT2D eigenvalue weighted by atomic mass is 16.5. The minimum Gasteiger partial charge on any atom is -0.497 e. The van der Waals surface area contributed by atoms with Crippen molar-refractivity contribution in [3.05, 3.63) is 42.0 Å². The normalized spacial score (nSPS) is 11.5. The number of aryl methyl sites for hydroxylation is 1. The molecule has 0 aliphatic carbocycles. The van der Waals surface area contributed by atoms with Gasteiger partial charge in [0.05, 0.1) is 14.2 Å². The average molecular weight is 376 g/mol. The first-order valence-corrected chi connectivity index (χ1v) is 8.41. The summed E-state index contributed by atoms with van der Waals surface area (Å²) in [5.41, 5.74) is 0.737. The molecule has 146 valence electrons. The van der Waals surface area contributed by atoms with E-state index in [1.165, 1.54) is 0 Å². The Kier molecular flexibility index (Phi) is 7.04. The number of nitrogens with one attached hydrogen (secondary N) is 2. The Hall–Kier alpha value is -3.23. The van der Waals surface area contributed by atoms with E-state index < -0.39 is 18.0 Å². The Morgan fingerprint density at radius 2 is 1.89 bits per heavy atom. The fraction of sp³-hybridized carbons (Fsp3) is 0.389. The van der Waals surface area contributed by atoms with Crippen molar-refractivity contribution >= 4 is 12.0 Å². The summed E-state index contributed by atoms with van der Waals surface area (Å²) >= 11 is 0. The van der Waals surface area contributed by atoms with E-state index in [2.05, 4.69) is 15.6 Å². The molecule has 0 aliphatic heterocycles. The molecule has 0 saturated heterocycles. The third kappa shape index (κ3) is 5.63. The summed E-state index contributed by atoms with van der Waals surface area (Å²) in [6, 6.07) is 4.37. The Labute approximate surface area is 157 Å². The number of carboxylic acid groups (broad SMARTS) is 1. The molecule has 0 saturated carbocycles. The number of hydrogen-bond donors (Lipinski definition) is 3. The first kappa shape index (κ1) is 20.1. The number of rotatable bonds is 9. The van der Waals surface area contributed by atoms with Gasteiger partial charge in [-0.05, 0) is 24.1 Å². The second-order valence-corrected chi connectivity index (χ2v) is 5.87. The zero-order chi connectivity index (χ0) is 19.8. The fourth-order valence-corrected chi connectivity index (χ4v) is 2.57. The molecule has 0 bridgehead atoms. The van der Waals surface area contributed by atoms with Gasteiger partial charge in [0.25, 0.3) is 0 Å². The van der Waals surface area contributed by atoms with Crippen molar-refractivity contribution in [2.75, 3.05) is 20.8 Å². The van der Waals surface area contributed by atoms with E-state index in [0.29, 0.717) is 23.7 Å². The molecule has 3 N–H and O–H groups in total. The van der Waals surface area contributed by atoms with Gasteiger partial charge in [-0.25, -0.2) is 9.78 Å². The summed E-state index contributed by atoms with van der Waals surface area (Å²) in [5, 5.41) is 14.2. The van der Waals surface area contributed by atoms with Crippen LogP contribution < -0.4 is 20.1 Å². The van der Waals surface area contributed by atoms with Crippen LogP contribution in [0.15, 0.2) is 30.6 Å². The maximum absolute atomic E-state index is 12.3. The first-order valence-electron chi connectivity index (χ1n) is 8.41. The molecule has 0 fully saturated rings. The van der Waals surface area contributed by atoms with E-state index >= 15 is 0 Å². The minimum absolute atomic E-state index is 0.00381.